The summed E-state index contributed by atoms with van der Waals surface area (Å²) in [5, 5.41) is 2.97. The minimum absolute atomic E-state index is 0.00579. The van der Waals surface area contributed by atoms with Crippen molar-refractivity contribution < 1.29 is 19.0 Å². The first kappa shape index (κ1) is 19.8. The van der Waals surface area contributed by atoms with Crippen LogP contribution in [0.25, 0.3) is 0 Å². The molecule has 0 radical (unpaired) electrons. The molecule has 29 heavy (non-hydrogen) atoms. The first-order chi connectivity index (χ1) is 14.0. The molecule has 1 aromatic heterocycles. The predicted octanol–water partition coefficient (Wildman–Crippen LogP) is 4.08. The molecule has 6 nitrogen and oxygen atoms in total. The molecule has 0 amide bonds. The van der Waals surface area contributed by atoms with E-state index in [9.17, 15) is 4.79 Å². The second-order valence-electron chi connectivity index (χ2n) is 7.43. The number of thiazole rings is 1. The van der Waals surface area contributed by atoms with Gasteiger partial charge in [0.05, 0.1) is 31.8 Å². The summed E-state index contributed by atoms with van der Waals surface area (Å²) in [6, 6.07) is 4.14. The maximum absolute atomic E-state index is 12.6. The summed E-state index contributed by atoms with van der Waals surface area (Å²) in [4.78, 5) is 19.4. The van der Waals surface area contributed by atoms with Crippen molar-refractivity contribution in [1.29, 1.82) is 0 Å². The molecule has 0 saturated carbocycles. The summed E-state index contributed by atoms with van der Waals surface area (Å²) in [7, 11) is 1.67. The number of hydrogen-bond donors (Lipinski definition) is 0. The third-order valence-electron chi connectivity index (χ3n) is 5.27. The van der Waals surface area contributed by atoms with Crippen LogP contribution in [0.4, 0.5) is 0 Å². The number of nitrogens with zero attached hydrogens (tertiary/aromatic N) is 2. The molecule has 3 heterocycles. The highest BCUT2D eigenvalue weighted by Gasteiger charge is 2.44. The van der Waals surface area contributed by atoms with Crippen LogP contribution in [-0.2, 0) is 16.0 Å². The number of methoxy groups -OCH3 is 1. The van der Waals surface area contributed by atoms with Gasteiger partial charge in [-0.25, -0.2) is 9.78 Å². The Hall–Kier alpha value is -2.54. The fourth-order valence-corrected chi connectivity index (χ4v) is 4.91. The number of carbonyl (C=O) groups excluding carboxylic acids is 1. The largest absolute Gasteiger partial charge is 0.493 e. The van der Waals surface area contributed by atoms with Crippen molar-refractivity contribution in [2.75, 3.05) is 20.3 Å². The molecule has 7 heteroatoms. The van der Waals surface area contributed by atoms with Gasteiger partial charge < -0.3 is 19.1 Å². The van der Waals surface area contributed by atoms with Gasteiger partial charge in [0.25, 0.3) is 0 Å². The van der Waals surface area contributed by atoms with E-state index in [1.54, 1.807) is 18.4 Å². The van der Waals surface area contributed by atoms with E-state index in [4.69, 9.17) is 14.2 Å². The van der Waals surface area contributed by atoms with Crippen LogP contribution < -0.4 is 9.47 Å². The van der Waals surface area contributed by atoms with Crippen LogP contribution in [-0.4, -0.2) is 42.2 Å². The Bertz CT molecular complexity index is 923. The van der Waals surface area contributed by atoms with Crippen LogP contribution in [0, 0.1) is 0 Å². The van der Waals surface area contributed by atoms with Gasteiger partial charge in [-0.1, -0.05) is 0 Å². The summed E-state index contributed by atoms with van der Waals surface area (Å²) >= 11 is 1.61. The number of hydrogen-bond acceptors (Lipinski definition) is 7. The Morgan fingerprint density at radius 3 is 2.83 bits per heavy atom. The van der Waals surface area contributed by atoms with Crippen molar-refractivity contribution in [2.24, 2.45) is 0 Å². The number of carbonyl (C=O) groups is 1. The monoisotopic (exact) mass is 414 g/mol. The highest BCUT2D eigenvalue weighted by Crippen LogP contribution is 2.50. The fraction of sp³-hybridized carbons (Fsp3) is 0.455. The second kappa shape index (κ2) is 8.06. The average Bonchev–Trinajstić information content (AvgIpc) is 3.35. The van der Waals surface area contributed by atoms with Crippen LogP contribution in [0.2, 0.25) is 0 Å². The Balaban J connectivity index is 1.80. The molecular formula is C22H26N2O4S. The molecule has 0 saturated heterocycles. The molecule has 0 bridgehead atoms. The van der Waals surface area contributed by atoms with E-state index in [1.165, 1.54) is 5.56 Å². The van der Waals surface area contributed by atoms with E-state index in [2.05, 4.69) is 22.0 Å². The maximum Gasteiger partial charge on any atom is 0.354 e. The van der Waals surface area contributed by atoms with Crippen molar-refractivity contribution in [3.63, 3.8) is 0 Å². The zero-order chi connectivity index (χ0) is 20.5. The summed E-state index contributed by atoms with van der Waals surface area (Å²) in [6.07, 6.45) is 4.69. The molecule has 2 unspecified atom stereocenters. The zero-order valence-corrected chi connectivity index (χ0v) is 18.0. The molecule has 0 aliphatic carbocycles. The lowest BCUT2D eigenvalue weighted by Crippen LogP contribution is -2.36. The van der Waals surface area contributed by atoms with Crippen LogP contribution >= 0.6 is 11.3 Å². The standard InChI is InChI=1S/C22H26N2O4S/c1-5-27-22(25)17-11-16(21-23-7-9-29-21)20-15-12-19(28-13(2)3)18(26-4)10-14(15)6-8-24(17)20/h7,9-13,16,20H,5-6,8H2,1-4H3. The van der Waals surface area contributed by atoms with E-state index in [-0.39, 0.29) is 24.0 Å². The normalized spacial score (nSPS) is 20.2. The van der Waals surface area contributed by atoms with Crippen molar-refractivity contribution >= 4 is 17.3 Å². The lowest BCUT2D eigenvalue weighted by molar-refractivity contribution is -0.140. The van der Waals surface area contributed by atoms with Crippen LogP contribution in [0.5, 0.6) is 11.5 Å². The smallest absolute Gasteiger partial charge is 0.354 e. The number of aromatic nitrogens is 1. The second-order valence-corrected chi connectivity index (χ2v) is 8.35. The molecular weight excluding hydrogens is 388 g/mol. The maximum atomic E-state index is 12.6. The quantitative estimate of drug-likeness (QED) is 0.664. The van der Waals surface area contributed by atoms with Gasteiger partial charge in [0.15, 0.2) is 11.5 Å². The van der Waals surface area contributed by atoms with E-state index in [1.807, 2.05) is 38.4 Å². The molecule has 2 aliphatic heterocycles. The number of esters is 1. The number of ether oxygens (including phenoxy) is 3. The van der Waals surface area contributed by atoms with Gasteiger partial charge in [0.1, 0.15) is 10.7 Å². The van der Waals surface area contributed by atoms with Gasteiger partial charge in [0.2, 0.25) is 0 Å². The molecule has 154 valence electrons. The lowest BCUT2D eigenvalue weighted by atomic mass is 9.87. The minimum Gasteiger partial charge on any atom is -0.493 e. The Morgan fingerprint density at radius 1 is 1.34 bits per heavy atom. The first-order valence-corrected chi connectivity index (χ1v) is 10.8. The summed E-state index contributed by atoms with van der Waals surface area (Å²) in [6.45, 7) is 6.93. The van der Waals surface area contributed by atoms with Gasteiger partial charge in [-0.3, -0.25) is 0 Å². The van der Waals surface area contributed by atoms with Gasteiger partial charge in [-0.2, -0.15) is 0 Å². The topological polar surface area (TPSA) is 60.9 Å². The van der Waals surface area contributed by atoms with Gasteiger partial charge in [-0.15, -0.1) is 11.3 Å². The molecule has 0 N–H and O–H groups in total. The Morgan fingerprint density at radius 2 is 2.17 bits per heavy atom. The summed E-state index contributed by atoms with van der Waals surface area (Å²) < 4.78 is 16.9. The van der Waals surface area contributed by atoms with Gasteiger partial charge in [-0.05, 0) is 56.5 Å². The van der Waals surface area contributed by atoms with Crippen LogP contribution in [0.15, 0.2) is 35.5 Å². The lowest BCUT2D eigenvalue weighted by Gasteiger charge is -2.37. The SMILES string of the molecule is CCOC(=O)C1=CC(c2nccs2)C2c3cc(OC(C)C)c(OC)cc3CCN12. The van der Waals surface area contributed by atoms with E-state index >= 15 is 0 Å². The van der Waals surface area contributed by atoms with Crippen LogP contribution in [0.1, 0.15) is 48.9 Å². The fourth-order valence-electron chi connectivity index (χ4n) is 4.17. The van der Waals surface area contributed by atoms with Crippen LogP contribution in [0.3, 0.4) is 0 Å². The third-order valence-corrected chi connectivity index (χ3v) is 6.15. The summed E-state index contributed by atoms with van der Waals surface area (Å²) in [5.41, 5.74) is 3.01. The van der Waals surface area contributed by atoms with Crippen molar-refractivity contribution in [3.8, 4) is 11.5 Å². The molecule has 0 spiro atoms. The van der Waals surface area contributed by atoms with E-state index in [0.717, 1.165) is 35.0 Å². The Kier molecular flexibility index (Phi) is 5.50. The molecule has 2 aliphatic rings. The highest BCUT2D eigenvalue weighted by atomic mass is 32.1. The molecule has 0 fully saturated rings. The van der Waals surface area contributed by atoms with Crippen molar-refractivity contribution in [3.05, 3.63) is 51.6 Å². The van der Waals surface area contributed by atoms with E-state index in [0.29, 0.717) is 12.3 Å². The third kappa shape index (κ3) is 3.59. The summed E-state index contributed by atoms with van der Waals surface area (Å²) in [5.74, 6) is 1.19. The van der Waals surface area contributed by atoms with Crippen molar-refractivity contribution in [1.82, 2.24) is 9.88 Å². The predicted molar refractivity (Wildman–Crippen MR) is 111 cm³/mol. The average molecular weight is 415 g/mol. The molecule has 1 aromatic carbocycles. The highest BCUT2D eigenvalue weighted by molar-refractivity contribution is 7.09. The Labute approximate surface area is 175 Å². The van der Waals surface area contributed by atoms with Gasteiger partial charge >= 0.3 is 5.97 Å². The number of rotatable bonds is 6. The van der Waals surface area contributed by atoms with E-state index < -0.39 is 0 Å². The zero-order valence-electron chi connectivity index (χ0n) is 17.2. The minimum atomic E-state index is -0.271. The van der Waals surface area contributed by atoms with Gasteiger partial charge in [0, 0.05) is 18.1 Å². The molecule has 4 rings (SSSR count). The molecule has 2 aromatic rings. The number of benzene rings is 1. The number of fused-ring (bicyclic) bond motifs is 3. The first-order valence-electron chi connectivity index (χ1n) is 9.95. The molecule has 2 atom stereocenters. The van der Waals surface area contributed by atoms with Crippen molar-refractivity contribution in [2.45, 2.75) is 45.3 Å².